The molecular weight excluding hydrogens is 365 g/mol. The summed E-state index contributed by atoms with van der Waals surface area (Å²) in [5.74, 6) is -0.576. The predicted octanol–water partition coefficient (Wildman–Crippen LogP) is 2.09. The molecule has 4 aromatic rings. The molecule has 0 aliphatic carbocycles. The molecule has 10 nitrogen and oxygen atoms in total. The van der Waals surface area contributed by atoms with E-state index in [1.807, 2.05) is 18.2 Å². The van der Waals surface area contributed by atoms with Crippen LogP contribution in [0.5, 0.6) is 0 Å². The maximum atomic E-state index is 14.2. The molecule has 140 valence electrons. The molecule has 3 aromatic heterocycles. The molecule has 1 aromatic carbocycles. The lowest BCUT2D eigenvalue weighted by Gasteiger charge is -2.08. The standard InChI is InChI=1S/C17H14FN9O/c18-15-7-12(4-5-16(15)27-11-20-24-25-27)22-17(28)23-14-8-21-26(10-14)9-13-3-1-2-6-19-13/h1-8,10-11H,9H2,(H2,22,23,28). The SMILES string of the molecule is O=C(Nc1ccc(-n2cnnn2)c(F)c1)Nc1cnn(Cc2ccccn2)c1. The minimum atomic E-state index is -0.576. The molecule has 0 radical (unpaired) electrons. The fourth-order valence-corrected chi connectivity index (χ4v) is 2.51. The monoisotopic (exact) mass is 379 g/mol. The number of nitrogens with one attached hydrogen (secondary N) is 2. The molecule has 4 rings (SSSR count). The van der Waals surface area contributed by atoms with E-state index in [4.69, 9.17) is 0 Å². The molecule has 0 bridgehead atoms. The van der Waals surface area contributed by atoms with Crippen molar-refractivity contribution in [3.63, 3.8) is 0 Å². The number of urea groups is 1. The van der Waals surface area contributed by atoms with Crippen molar-refractivity contribution >= 4 is 17.4 Å². The number of aromatic nitrogens is 7. The second-order valence-electron chi connectivity index (χ2n) is 5.75. The van der Waals surface area contributed by atoms with Gasteiger partial charge in [0.1, 0.15) is 12.0 Å². The van der Waals surface area contributed by atoms with E-state index < -0.39 is 11.8 Å². The first kappa shape index (κ1) is 17.3. The van der Waals surface area contributed by atoms with E-state index in [9.17, 15) is 9.18 Å². The number of pyridine rings is 1. The van der Waals surface area contributed by atoms with Crippen molar-refractivity contribution in [1.82, 2.24) is 35.0 Å². The zero-order valence-electron chi connectivity index (χ0n) is 14.4. The second kappa shape index (κ2) is 7.61. The number of hydrogen-bond acceptors (Lipinski definition) is 6. The van der Waals surface area contributed by atoms with Crippen molar-refractivity contribution < 1.29 is 9.18 Å². The van der Waals surface area contributed by atoms with Crippen LogP contribution in [0.4, 0.5) is 20.6 Å². The molecule has 0 spiro atoms. The van der Waals surface area contributed by atoms with Crippen LogP contribution in [0, 0.1) is 5.82 Å². The van der Waals surface area contributed by atoms with Crippen LogP contribution in [0.15, 0.2) is 61.3 Å². The number of anilines is 2. The van der Waals surface area contributed by atoms with E-state index in [2.05, 4.69) is 36.2 Å². The van der Waals surface area contributed by atoms with Crippen molar-refractivity contribution in [3.8, 4) is 5.69 Å². The van der Waals surface area contributed by atoms with Gasteiger partial charge in [-0.25, -0.2) is 9.18 Å². The van der Waals surface area contributed by atoms with Gasteiger partial charge in [-0.1, -0.05) is 6.07 Å². The smallest absolute Gasteiger partial charge is 0.308 e. The number of nitrogens with zero attached hydrogens (tertiary/aromatic N) is 7. The van der Waals surface area contributed by atoms with Crippen LogP contribution in [0.1, 0.15) is 5.69 Å². The van der Waals surface area contributed by atoms with Gasteiger partial charge >= 0.3 is 6.03 Å². The number of amides is 2. The Morgan fingerprint density at radius 2 is 2.04 bits per heavy atom. The third-order valence-electron chi connectivity index (χ3n) is 3.74. The molecule has 2 amide bonds. The molecular formula is C17H14FN9O. The van der Waals surface area contributed by atoms with Crippen LogP contribution in [-0.2, 0) is 6.54 Å². The Labute approximate surface area is 158 Å². The highest BCUT2D eigenvalue weighted by Crippen LogP contribution is 2.17. The number of rotatable bonds is 5. The molecule has 3 heterocycles. The molecule has 0 saturated carbocycles. The Bertz CT molecular complexity index is 1080. The summed E-state index contributed by atoms with van der Waals surface area (Å²) in [6, 6.07) is 9.28. The lowest BCUT2D eigenvalue weighted by Crippen LogP contribution is -2.19. The number of hydrogen-bond donors (Lipinski definition) is 2. The Kier molecular flexibility index (Phi) is 4.70. The third-order valence-corrected chi connectivity index (χ3v) is 3.74. The van der Waals surface area contributed by atoms with Crippen molar-refractivity contribution in [2.75, 3.05) is 10.6 Å². The van der Waals surface area contributed by atoms with Gasteiger partial charge in [0.25, 0.3) is 0 Å². The number of tetrazole rings is 1. The molecule has 0 aliphatic heterocycles. The quantitative estimate of drug-likeness (QED) is 0.549. The fraction of sp³-hybridized carbons (Fsp3) is 0.0588. The van der Waals surface area contributed by atoms with Crippen LogP contribution in [0.25, 0.3) is 5.69 Å². The predicted molar refractivity (Wildman–Crippen MR) is 97.3 cm³/mol. The normalized spacial score (nSPS) is 10.6. The van der Waals surface area contributed by atoms with E-state index in [1.165, 1.54) is 29.3 Å². The van der Waals surface area contributed by atoms with Crippen LogP contribution >= 0.6 is 0 Å². The van der Waals surface area contributed by atoms with Gasteiger partial charge < -0.3 is 10.6 Å². The van der Waals surface area contributed by atoms with Gasteiger partial charge in [-0.15, -0.1) is 5.10 Å². The van der Waals surface area contributed by atoms with Crippen molar-refractivity contribution in [2.45, 2.75) is 6.54 Å². The molecule has 11 heteroatoms. The van der Waals surface area contributed by atoms with E-state index in [-0.39, 0.29) is 11.4 Å². The van der Waals surface area contributed by atoms with Gasteiger partial charge in [0.05, 0.1) is 24.1 Å². The fourth-order valence-electron chi connectivity index (χ4n) is 2.51. The lowest BCUT2D eigenvalue weighted by atomic mass is 10.2. The Hall–Kier alpha value is -4.15. The first-order valence-electron chi connectivity index (χ1n) is 8.21. The zero-order chi connectivity index (χ0) is 19.3. The molecule has 0 atom stereocenters. The summed E-state index contributed by atoms with van der Waals surface area (Å²) in [5, 5.41) is 19.9. The van der Waals surface area contributed by atoms with Gasteiger partial charge in [-0.05, 0) is 40.8 Å². The third kappa shape index (κ3) is 3.98. The van der Waals surface area contributed by atoms with E-state index in [0.717, 1.165) is 5.69 Å². The minimum absolute atomic E-state index is 0.173. The zero-order valence-corrected chi connectivity index (χ0v) is 14.4. The molecule has 28 heavy (non-hydrogen) atoms. The molecule has 2 N–H and O–H groups in total. The number of carbonyl (C=O) groups excluding carboxylic acids is 1. The maximum absolute atomic E-state index is 14.2. The van der Waals surface area contributed by atoms with Crippen LogP contribution in [-0.4, -0.2) is 41.0 Å². The van der Waals surface area contributed by atoms with Gasteiger partial charge in [-0.2, -0.15) is 9.78 Å². The molecule has 0 aliphatic rings. The summed E-state index contributed by atoms with van der Waals surface area (Å²) in [5.41, 5.74) is 1.80. The Morgan fingerprint density at radius 3 is 2.79 bits per heavy atom. The lowest BCUT2D eigenvalue weighted by molar-refractivity contribution is 0.262. The van der Waals surface area contributed by atoms with Crippen LogP contribution < -0.4 is 10.6 Å². The molecule has 0 fully saturated rings. The van der Waals surface area contributed by atoms with Crippen LogP contribution in [0.2, 0.25) is 0 Å². The second-order valence-corrected chi connectivity index (χ2v) is 5.75. The highest BCUT2D eigenvalue weighted by molar-refractivity contribution is 5.99. The largest absolute Gasteiger partial charge is 0.323 e. The van der Waals surface area contributed by atoms with E-state index in [0.29, 0.717) is 12.2 Å². The summed E-state index contributed by atoms with van der Waals surface area (Å²) in [4.78, 5) is 16.4. The Balaban J connectivity index is 1.38. The highest BCUT2D eigenvalue weighted by Gasteiger charge is 2.10. The summed E-state index contributed by atoms with van der Waals surface area (Å²) in [6.07, 6.45) is 6.18. The van der Waals surface area contributed by atoms with Gasteiger partial charge in [0.2, 0.25) is 0 Å². The highest BCUT2D eigenvalue weighted by atomic mass is 19.1. The average Bonchev–Trinajstić information content (AvgIpc) is 3.35. The number of benzene rings is 1. The summed E-state index contributed by atoms with van der Waals surface area (Å²) in [6.45, 7) is 0.480. The van der Waals surface area contributed by atoms with Crippen molar-refractivity contribution in [3.05, 3.63) is 72.8 Å². The first-order chi connectivity index (χ1) is 13.7. The number of carbonyl (C=O) groups is 1. The van der Waals surface area contributed by atoms with Crippen molar-refractivity contribution in [1.29, 1.82) is 0 Å². The van der Waals surface area contributed by atoms with E-state index in [1.54, 1.807) is 23.1 Å². The minimum Gasteiger partial charge on any atom is -0.308 e. The van der Waals surface area contributed by atoms with Crippen molar-refractivity contribution in [2.24, 2.45) is 0 Å². The summed E-state index contributed by atoms with van der Waals surface area (Å²) >= 11 is 0. The summed E-state index contributed by atoms with van der Waals surface area (Å²) < 4.78 is 17.0. The van der Waals surface area contributed by atoms with Gasteiger partial charge in [-0.3, -0.25) is 9.67 Å². The molecule has 0 unspecified atom stereocenters. The van der Waals surface area contributed by atoms with Gasteiger partial charge in [0.15, 0.2) is 5.82 Å². The van der Waals surface area contributed by atoms with E-state index >= 15 is 0 Å². The topological polar surface area (TPSA) is 115 Å². The van der Waals surface area contributed by atoms with Gasteiger partial charge in [0, 0.05) is 18.1 Å². The first-order valence-corrected chi connectivity index (χ1v) is 8.21. The summed E-state index contributed by atoms with van der Waals surface area (Å²) in [7, 11) is 0. The number of halogens is 1. The average molecular weight is 379 g/mol. The Morgan fingerprint density at radius 1 is 1.14 bits per heavy atom. The maximum Gasteiger partial charge on any atom is 0.323 e. The van der Waals surface area contributed by atoms with Crippen LogP contribution in [0.3, 0.4) is 0 Å². The molecule has 0 saturated heterocycles.